The molecule has 1 aromatic heterocycles. The maximum Gasteiger partial charge on any atom is 0.282 e. The lowest BCUT2D eigenvalue weighted by Gasteiger charge is -2.12. The molecular formula is C26H23BrClN3O3. The quantitative estimate of drug-likeness (QED) is 0.248. The van der Waals surface area contributed by atoms with E-state index in [0.29, 0.717) is 46.3 Å². The number of ether oxygens (including phenoxy) is 2. The number of aromatic nitrogens is 2. The summed E-state index contributed by atoms with van der Waals surface area (Å²) in [6, 6.07) is 18.5. The average Bonchev–Trinajstić information content (AvgIpc) is 2.84. The van der Waals surface area contributed by atoms with Gasteiger partial charge in [-0.25, -0.2) is 4.98 Å². The standard InChI is InChI=1S/C26H23BrClN3O3/c1-3-6-25-30-22-11-10-19(27)14-20(22)26(32)31(25)29-15-17-9-12-23(24(13-17)33-2)34-16-18-7-4-5-8-21(18)28/h4-5,7-15H,3,6,16H2,1-2H3. The second-order valence-corrected chi connectivity index (χ2v) is 8.91. The molecule has 34 heavy (non-hydrogen) atoms. The first-order chi connectivity index (χ1) is 16.5. The molecule has 1 heterocycles. The molecule has 0 saturated heterocycles. The molecule has 0 N–H and O–H groups in total. The maximum atomic E-state index is 13.2. The predicted octanol–water partition coefficient (Wildman–Crippen LogP) is 6.23. The fourth-order valence-corrected chi connectivity index (χ4v) is 4.03. The number of aryl methyl sites for hydroxylation is 1. The van der Waals surface area contributed by atoms with E-state index < -0.39 is 0 Å². The molecule has 0 amide bonds. The summed E-state index contributed by atoms with van der Waals surface area (Å²) in [4.78, 5) is 17.8. The molecule has 0 aliphatic heterocycles. The molecule has 8 heteroatoms. The van der Waals surface area contributed by atoms with Crippen LogP contribution in [0.3, 0.4) is 0 Å². The molecule has 0 unspecified atom stereocenters. The lowest BCUT2D eigenvalue weighted by molar-refractivity contribution is 0.284. The third-order valence-electron chi connectivity index (χ3n) is 5.20. The summed E-state index contributed by atoms with van der Waals surface area (Å²) in [7, 11) is 1.58. The van der Waals surface area contributed by atoms with Gasteiger partial charge in [-0.3, -0.25) is 4.79 Å². The molecular weight excluding hydrogens is 518 g/mol. The van der Waals surface area contributed by atoms with E-state index in [1.807, 2.05) is 55.5 Å². The second kappa shape index (κ2) is 10.8. The highest BCUT2D eigenvalue weighted by molar-refractivity contribution is 9.10. The van der Waals surface area contributed by atoms with Crippen molar-refractivity contribution in [3.63, 3.8) is 0 Å². The molecule has 0 atom stereocenters. The van der Waals surface area contributed by atoms with Crippen LogP contribution in [0, 0.1) is 0 Å². The van der Waals surface area contributed by atoms with Gasteiger partial charge in [0.15, 0.2) is 11.5 Å². The van der Waals surface area contributed by atoms with Crippen LogP contribution in [0.4, 0.5) is 0 Å². The van der Waals surface area contributed by atoms with Crippen molar-refractivity contribution in [2.45, 2.75) is 26.4 Å². The Kier molecular flexibility index (Phi) is 7.65. The van der Waals surface area contributed by atoms with Crippen LogP contribution in [0.15, 0.2) is 75.0 Å². The van der Waals surface area contributed by atoms with Gasteiger partial charge < -0.3 is 9.47 Å². The zero-order chi connectivity index (χ0) is 24.1. The van der Waals surface area contributed by atoms with Gasteiger partial charge in [0.1, 0.15) is 12.4 Å². The third-order valence-corrected chi connectivity index (χ3v) is 6.06. The molecule has 4 aromatic rings. The normalized spacial score (nSPS) is 11.3. The van der Waals surface area contributed by atoms with Crippen LogP contribution < -0.4 is 15.0 Å². The first kappa shape index (κ1) is 24.0. The van der Waals surface area contributed by atoms with E-state index >= 15 is 0 Å². The molecule has 0 aliphatic carbocycles. The minimum absolute atomic E-state index is 0.211. The van der Waals surface area contributed by atoms with Gasteiger partial charge in [0, 0.05) is 21.5 Å². The number of fused-ring (bicyclic) bond motifs is 1. The molecule has 0 bridgehead atoms. The number of hydrogen-bond acceptors (Lipinski definition) is 5. The molecule has 174 valence electrons. The summed E-state index contributed by atoms with van der Waals surface area (Å²) in [5.74, 6) is 1.75. The first-order valence-electron chi connectivity index (χ1n) is 10.8. The van der Waals surface area contributed by atoms with Crippen molar-refractivity contribution >= 4 is 44.6 Å². The Morgan fingerprint density at radius 2 is 1.94 bits per heavy atom. The molecule has 0 aliphatic rings. The number of methoxy groups -OCH3 is 1. The number of halogens is 2. The van der Waals surface area contributed by atoms with E-state index in [9.17, 15) is 4.79 Å². The Bertz CT molecular complexity index is 1420. The lowest BCUT2D eigenvalue weighted by atomic mass is 10.2. The molecule has 3 aromatic carbocycles. The smallest absolute Gasteiger partial charge is 0.282 e. The summed E-state index contributed by atoms with van der Waals surface area (Å²) in [6.45, 7) is 2.36. The maximum absolute atomic E-state index is 13.2. The van der Waals surface area contributed by atoms with Crippen molar-refractivity contribution < 1.29 is 9.47 Å². The van der Waals surface area contributed by atoms with Crippen molar-refractivity contribution in [1.29, 1.82) is 0 Å². The molecule has 0 radical (unpaired) electrons. The van der Waals surface area contributed by atoms with Crippen molar-refractivity contribution in [2.24, 2.45) is 5.10 Å². The highest BCUT2D eigenvalue weighted by Gasteiger charge is 2.11. The average molecular weight is 541 g/mol. The summed E-state index contributed by atoms with van der Waals surface area (Å²) >= 11 is 9.64. The summed E-state index contributed by atoms with van der Waals surface area (Å²) in [5.41, 5.74) is 2.09. The zero-order valence-electron chi connectivity index (χ0n) is 18.8. The summed E-state index contributed by atoms with van der Waals surface area (Å²) in [6.07, 6.45) is 3.10. The van der Waals surface area contributed by atoms with Gasteiger partial charge in [-0.15, -0.1) is 0 Å². The van der Waals surface area contributed by atoms with Crippen LogP contribution in [0.25, 0.3) is 10.9 Å². The lowest BCUT2D eigenvalue weighted by Crippen LogP contribution is -2.22. The Morgan fingerprint density at radius 3 is 2.71 bits per heavy atom. The minimum atomic E-state index is -0.211. The third kappa shape index (κ3) is 5.32. The SMILES string of the molecule is CCCc1nc2ccc(Br)cc2c(=O)n1N=Cc1ccc(OCc2ccccc2Cl)c(OC)c1. The summed E-state index contributed by atoms with van der Waals surface area (Å²) in [5, 5.41) is 5.63. The van der Waals surface area contributed by atoms with Crippen molar-refractivity contribution in [1.82, 2.24) is 9.66 Å². The topological polar surface area (TPSA) is 65.7 Å². The van der Waals surface area contributed by atoms with Gasteiger partial charge >= 0.3 is 0 Å². The zero-order valence-corrected chi connectivity index (χ0v) is 21.1. The Hall–Kier alpha value is -3.16. The molecule has 4 rings (SSSR count). The number of hydrogen-bond donors (Lipinski definition) is 0. The van der Waals surface area contributed by atoms with E-state index in [4.69, 9.17) is 21.1 Å². The van der Waals surface area contributed by atoms with Crippen molar-refractivity contribution in [3.8, 4) is 11.5 Å². The fourth-order valence-electron chi connectivity index (χ4n) is 3.48. The van der Waals surface area contributed by atoms with Gasteiger partial charge in [0.2, 0.25) is 0 Å². The minimum Gasteiger partial charge on any atom is -0.493 e. The fraction of sp³-hybridized carbons (Fsp3) is 0.192. The van der Waals surface area contributed by atoms with Crippen molar-refractivity contribution in [3.05, 3.63) is 97.5 Å². The van der Waals surface area contributed by atoms with Gasteiger partial charge in [-0.05, 0) is 54.4 Å². The first-order valence-corrected chi connectivity index (χ1v) is 12.0. The molecule has 6 nitrogen and oxygen atoms in total. The Labute approximate surface area is 210 Å². The van der Waals surface area contributed by atoms with Crippen molar-refractivity contribution in [2.75, 3.05) is 7.11 Å². The predicted molar refractivity (Wildman–Crippen MR) is 139 cm³/mol. The van der Waals surface area contributed by atoms with Crippen LogP contribution in [0.2, 0.25) is 5.02 Å². The monoisotopic (exact) mass is 539 g/mol. The van der Waals surface area contributed by atoms with Gasteiger partial charge in [0.05, 0.1) is 24.2 Å². The molecule has 0 fully saturated rings. The number of benzene rings is 3. The Balaban J connectivity index is 1.63. The number of nitrogens with zero attached hydrogens (tertiary/aromatic N) is 3. The van der Waals surface area contributed by atoms with Crippen LogP contribution >= 0.6 is 27.5 Å². The Morgan fingerprint density at radius 1 is 1.12 bits per heavy atom. The van der Waals surface area contributed by atoms with Gasteiger partial charge in [0.25, 0.3) is 5.56 Å². The van der Waals surface area contributed by atoms with Gasteiger partial charge in [-0.2, -0.15) is 9.78 Å². The largest absolute Gasteiger partial charge is 0.493 e. The second-order valence-electron chi connectivity index (χ2n) is 7.59. The molecule has 0 spiro atoms. The van der Waals surface area contributed by atoms with Crippen LogP contribution in [-0.4, -0.2) is 23.0 Å². The van der Waals surface area contributed by atoms with Crippen LogP contribution in [0.1, 0.15) is 30.3 Å². The highest BCUT2D eigenvalue weighted by atomic mass is 79.9. The van der Waals surface area contributed by atoms with E-state index in [-0.39, 0.29) is 5.56 Å². The van der Waals surface area contributed by atoms with E-state index in [1.165, 1.54) is 4.68 Å². The molecule has 0 saturated carbocycles. The van der Waals surface area contributed by atoms with Gasteiger partial charge in [-0.1, -0.05) is 52.7 Å². The van der Waals surface area contributed by atoms with E-state index in [1.54, 1.807) is 25.5 Å². The van der Waals surface area contributed by atoms with Crippen LogP contribution in [0.5, 0.6) is 11.5 Å². The number of rotatable bonds is 8. The summed E-state index contributed by atoms with van der Waals surface area (Å²) < 4.78 is 13.6. The highest BCUT2D eigenvalue weighted by Crippen LogP contribution is 2.29. The van der Waals surface area contributed by atoms with E-state index in [2.05, 4.69) is 26.0 Å². The van der Waals surface area contributed by atoms with Crippen LogP contribution in [-0.2, 0) is 13.0 Å². The van der Waals surface area contributed by atoms with E-state index in [0.717, 1.165) is 22.0 Å².